The zero-order valence-electron chi connectivity index (χ0n) is 12.6. The first-order chi connectivity index (χ1) is 11.1. The number of carbonyl (C=O) groups excluding carboxylic acids is 1. The van der Waals surface area contributed by atoms with Crippen LogP contribution in [0.2, 0.25) is 0 Å². The summed E-state index contributed by atoms with van der Waals surface area (Å²) in [5, 5.41) is 12.0. The van der Waals surface area contributed by atoms with E-state index in [1.165, 1.54) is 36.8 Å². The molecule has 1 amide bonds. The molecule has 0 radical (unpaired) electrons. The lowest BCUT2D eigenvalue weighted by molar-refractivity contribution is -0.117. The van der Waals surface area contributed by atoms with E-state index < -0.39 is 12.5 Å². The molecule has 4 nitrogen and oxygen atoms in total. The zero-order chi connectivity index (χ0) is 16.7. The van der Waals surface area contributed by atoms with Crippen molar-refractivity contribution in [2.75, 3.05) is 0 Å². The smallest absolute Gasteiger partial charge is 0.387 e. The predicted molar refractivity (Wildman–Crippen MR) is 81.7 cm³/mol. The normalized spacial score (nSPS) is 16.0. The van der Waals surface area contributed by atoms with Gasteiger partial charge in [-0.25, -0.2) is 0 Å². The number of rotatable bonds is 5. The average Bonchev–Trinajstić information content (AvgIpc) is 2.54. The van der Waals surface area contributed by atoms with Gasteiger partial charge in [0.1, 0.15) is 17.4 Å². The molecule has 1 aliphatic rings. The third-order valence-electron chi connectivity index (χ3n) is 3.72. The molecule has 0 spiro atoms. The standard InChI is InChI=1S/C17H18F2N2O2/c18-17(19)23-15-8-6-12(7-9-15)10-13(11-20)16(22)21-14-4-2-1-3-5-14/h6-10,14,17H,1-5H2,(H,21,22). The van der Waals surface area contributed by atoms with Gasteiger partial charge >= 0.3 is 6.61 Å². The summed E-state index contributed by atoms with van der Waals surface area (Å²) >= 11 is 0. The second-order valence-electron chi connectivity index (χ2n) is 5.43. The van der Waals surface area contributed by atoms with Crippen LogP contribution in [0.1, 0.15) is 37.7 Å². The van der Waals surface area contributed by atoms with E-state index in [4.69, 9.17) is 5.26 Å². The van der Waals surface area contributed by atoms with Gasteiger partial charge in [-0.05, 0) is 36.6 Å². The van der Waals surface area contributed by atoms with Gasteiger partial charge in [-0.1, -0.05) is 31.4 Å². The van der Waals surface area contributed by atoms with E-state index in [-0.39, 0.29) is 17.4 Å². The minimum absolute atomic E-state index is 0.00176. The van der Waals surface area contributed by atoms with Crippen LogP contribution in [-0.4, -0.2) is 18.6 Å². The molecule has 0 unspecified atom stereocenters. The number of benzene rings is 1. The molecule has 6 heteroatoms. The molecule has 0 aromatic heterocycles. The number of hydrogen-bond acceptors (Lipinski definition) is 3. The first-order valence-electron chi connectivity index (χ1n) is 7.56. The van der Waals surface area contributed by atoms with Crippen LogP contribution in [0.15, 0.2) is 29.8 Å². The Labute approximate surface area is 133 Å². The van der Waals surface area contributed by atoms with E-state index in [1.54, 1.807) is 0 Å². The van der Waals surface area contributed by atoms with Crippen LogP contribution in [0.3, 0.4) is 0 Å². The van der Waals surface area contributed by atoms with E-state index in [0.29, 0.717) is 5.56 Å². The molecule has 0 saturated heterocycles. The van der Waals surface area contributed by atoms with E-state index in [2.05, 4.69) is 10.1 Å². The summed E-state index contributed by atoms with van der Waals surface area (Å²) in [6, 6.07) is 7.77. The Kier molecular flexibility index (Phi) is 6.10. The van der Waals surface area contributed by atoms with Gasteiger partial charge in [0, 0.05) is 6.04 Å². The van der Waals surface area contributed by atoms with Gasteiger partial charge in [0.05, 0.1) is 0 Å². The maximum atomic E-state index is 12.1. The van der Waals surface area contributed by atoms with Crippen LogP contribution in [0, 0.1) is 11.3 Å². The number of nitriles is 1. The SMILES string of the molecule is N#CC(=Cc1ccc(OC(F)F)cc1)C(=O)NC1CCCCC1. The number of carbonyl (C=O) groups is 1. The molecule has 1 aromatic rings. The van der Waals surface area contributed by atoms with Crippen molar-refractivity contribution < 1.29 is 18.3 Å². The molecule has 1 N–H and O–H groups in total. The van der Waals surface area contributed by atoms with Crippen molar-refractivity contribution in [2.24, 2.45) is 0 Å². The molecule has 0 aliphatic heterocycles. The Morgan fingerprint density at radius 2 is 1.91 bits per heavy atom. The fourth-order valence-corrected chi connectivity index (χ4v) is 2.57. The monoisotopic (exact) mass is 320 g/mol. The molecule has 2 rings (SSSR count). The first-order valence-corrected chi connectivity index (χ1v) is 7.56. The van der Waals surface area contributed by atoms with E-state index >= 15 is 0 Å². The van der Waals surface area contributed by atoms with Gasteiger partial charge in [0.15, 0.2) is 0 Å². The van der Waals surface area contributed by atoms with Crippen molar-refractivity contribution in [3.05, 3.63) is 35.4 Å². The zero-order valence-corrected chi connectivity index (χ0v) is 12.6. The highest BCUT2D eigenvalue weighted by Gasteiger charge is 2.18. The number of amides is 1. The van der Waals surface area contributed by atoms with E-state index in [0.717, 1.165) is 25.7 Å². The molecular weight excluding hydrogens is 302 g/mol. The van der Waals surface area contributed by atoms with Crippen molar-refractivity contribution in [1.29, 1.82) is 5.26 Å². The van der Waals surface area contributed by atoms with Crippen LogP contribution in [0.4, 0.5) is 8.78 Å². The maximum absolute atomic E-state index is 12.1. The summed E-state index contributed by atoms with van der Waals surface area (Å²) in [4.78, 5) is 12.1. The number of hydrogen-bond donors (Lipinski definition) is 1. The highest BCUT2D eigenvalue weighted by Crippen LogP contribution is 2.19. The highest BCUT2D eigenvalue weighted by atomic mass is 19.3. The van der Waals surface area contributed by atoms with Crippen LogP contribution < -0.4 is 10.1 Å². The average molecular weight is 320 g/mol. The summed E-state index contributed by atoms with van der Waals surface area (Å²) in [6.07, 6.45) is 6.66. The van der Waals surface area contributed by atoms with Crippen LogP contribution in [-0.2, 0) is 4.79 Å². The molecule has 122 valence electrons. The quantitative estimate of drug-likeness (QED) is 0.665. The van der Waals surface area contributed by atoms with Crippen molar-refractivity contribution in [1.82, 2.24) is 5.32 Å². The van der Waals surface area contributed by atoms with Gasteiger partial charge in [0.2, 0.25) is 0 Å². The molecule has 0 heterocycles. The van der Waals surface area contributed by atoms with Crippen molar-refractivity contribution >= 4 is 12.0 Å². The summed E-state index contributed by atoms with van der Waals surface area (Å²) in [5.74, 6) is -0.366. The minimum atomic E-state index is -2.88. The Morgan fingerprint density at radius 1 is 1.26 bits per heavy atom. The Bertz CT molecular complexity index is 600. The van der Waals surface area contributed by atoms with Crippen molar-refractivity contribution in [3.63, 3.8) is 0 Å². The molecule has 1 aliphatic carbocycles. The molecule has 1 aromatic carbocycles. The van der Waals surface area contributed by atoms with E-state index in [1.807, 2.05) is 6.07 Å². The van der Waals surface area contributed by atoms with Gasteiger partial charge in [-0.3, -0.25) is 4.79 Å². The Morgan fingerprint density at radius 3 is 2.48 bits per heavy atom. The fourth-order valence-electron chi connectivity index (χ4n) is 2.57. The number of nitrogens with one attached hydrogen (secondary N) is 1. The maximum Gasteiger partial charge on any atom is 0.387 e. The molecule has 23 heavy (non-hydrogen) atoms. The van der Waals surface area contributed by atoms with Crippen molar-refractivity contribution in [2.45, 2.75) is 44.8 Å². The lowest BCUT2D eigenvalue weighted by atomic mass is 9.95. The highest BCUT2D eigenvalue weighted by molar-refractivity contribution is 6.01. The largest absolute Gasteiger partial charge is 0.435 e. The summed E-state index contributed by atoms with van der Waals surface area (Å²) in [6.45, 7) is -2.88. The Balaban J connectivity index is 2.02. The fraction of sp³-hybridized carbons (Fsp3) is 0.412. The molecule has 1 saturated carbocycles. The number of ether oxygens (including phenoxy) is 1. The molecule has 1 fully saturated rings. The third kappa shape index (κ3) is 5.37. The summed E-state index contributed by atoms with van der Waals surface area (Å²) in [5.41, 5.74) is 0.570. The summed E-state index contributed by atoms with van der Waals surface area (Å²) in [7, 11) is 0. The number of halogens is 2. The van der Waals surface area contributed by atoms with E-state index in [9.17, 15) is 13.6 Å². The predicted octanol–water partition coefficient (Wildman–Crippen LogP) is 3.64. The minimum Gasteiger partial charge on any atom is -0.435 e. The van der Waals surface area contributed by atoms with Crippen LogP contribution in [0.5, 0.6) is 5.75 Å². The van der Waals surface area contributed by atoms with Gasteiger partial charge in [0.25, 0.3) is 5.91 Å². The van der Waals surface area contributed by atoms with Gasteiger partial charge in [-0.2, -0.15) is 14.0 Å². The lowest BCUT2D eigenvalue weighted by Gasteiger charge is -2.22. The third-order valence-corrected chi connectivity index (χ3v) is 3.72. The number of nitrogens with zero attached hydrogens (tertiary/aromatic N) is 1. The second-order valence-corrected chi connectivity index (χ2v) is 5.43. The Hall–Kier alpha value is -2.42. The number of alkyl halides is 2. The lowest BCUT2D eigenvalue weighted by Crippen LogP contribution is -2.36. The van der Waals surface area contributed by atoms with Crippen LogP contribution >= 0.6 is 0 Å². The summed E-state index contributed by atoms with van der Waals surface area (Å²) < 4.78 is 28.4. The van der Waals surface area contributed by atoms with Gasteiger partial charge < -0.3 is 10.1 Å². The molecule has 0 bridgehead atoms. The topological polar surface area (TPSA) is 62.1 Å². The van der Waals surface area contributed by atoms with Gasteiger partial charge in [-0.15, -0.1) is 0 Å². The second kappa shape index (κ2) is 8.28. The van der Waals surface area contributed by atoms with Crippen molar-refractivity contribution in [3.8, 4) is 11.8 Å². The molecule has 0 atom stereocenters. The first kappa shape index (κ1) is 16.9. The van der Waals surface area contributed by atoms with Crippen LogP contribution in [0.25, 0.3) is 6.08 Å². The molecular formula is C17H18F2N2O2.